The van der Waals surface area contributed by atoms with Gasteiger partial charge in [-0.1, -0.05) is 55.4 Å². The zero-order chi connectivity index (χ0) is 16.9. The van der Waals surface area contributed by atoms with E-state index in [-0.39, 0.29) is 19.0 Å². The summed E-state index contributed by atoms with van der Waals surface area (Å²) >= 11 is 0. The normalized spacial score (nSPS) is 10.6. The minimum Gasteiger partial charge on any atom is -0.484 e. The third-order valence-corrected chi connectivity index (χ3v) is 3.83. The van der Waals surface area contributed by atoms with Crippen molar-refractivity contribution in [2.45, 2.75) is 32.9 Å². The average molecular weight is 360 g/mol. The number of benzene rings is 2. The van der Waals surface area contributed by atoms with Crippen LogP contribution in [0.3, 0.4) is 0 Å². The lowest BCUT2D eigenvalue weighted by molar-refractivity contribution is 0.243. The molecule has 3 rings (SSSR count). The van der Waals surface area contributed by atoms with Crippen molar-refractivity contribution in [2.24, 2.45) is 5.73 Å². The van der Waals surface area contributed by atoms with Gasteiger partial charge in [-0.05, 0) is 29.2 Å². The zero-order valence-corrected chi connectivity index (χ0v) is 15.1. The van der Waals surface area contributed by atoms with Gasteiger partial charge in [0, 0.05) is 12.1 Å². The van der Waals surface area contributed by atoms with Crippen molar-refractivity contribution in [3.63, 3.8) is 0 Å². The van der Waals surface area contributed by atoms with Crippen LogP contribution in [0, 0.1) is 0 Å². The van der Waals surface area contributed by atoms with Gasteiger partial charge in [0.15, 0.2) is 6.61 Å². The van der Waals surface area contributed by atoms with Crippen LogP contribution in [-0.2, 0) is 13.2 Å². The smallest absolute Gasteiger partial charge is 0.264 e. The van der Waals surface area contributed by atoms with Gasteiger partial charge in [0.25, 0.3) is 5.89 Å². The maximum atomic E-state index is 5.70. The highest BCUT2D eigenvalue weighted by atomic mass is 35.5. The van der Waals surface area contributed by atoms with E-state index in [4.69, 9.17) is 15.0 Å². The number of nitrogens with two attached hydrogens (primary N) is 1. The van der Waals surface area contributed by atoms with Crippen LogP contribution in [0.25, 0.3) is 11.4 Å². The number of nitrogens with zero attached hydrogens (tertiary/aromatic N) is 2. The second-order valence-electron chi connectivity index (χ2n) is 5.93. The van der Waals surface area contributed by atoms with Gasteiger partial charge in [-0.3, -0.25) is 0 Å². The lowest BCUT2D eigenvalue weighted by Gasteiger charge is -2.07. The van der Waals surface area contributed by atoms with Crippen LogP contribution in [0.5, 0.6) is 5.75 Å². The molecular weight excluding hydrogens is 338 g/mol. The summed E-state index contributed by atoms with van der Waals surface area (Å²) in [5.74, 6) is 2.28. The number of ether oxygens (including phenoxy) is 1. The van der Waals surface area contributed by atoms with Crippen molar-refractivity contribution in [3.05, 3.63) is 65.5 Å². The van der Waals surface area contributed by atoms with Crippen molar-refractivity contribution in [1.82, 2.24) is 10.1 Å². The Balaban J connectivity index is 0.00000225. The number of aromatic nitrogens is 2. The van der Waals surface area contributed by atoms with Crippen molar-refractivity contribution < 1.29 is 9.26 Å². The zero-order valence-electron chi connectivity index (χ0n) is 14.3. The fourth-order valence-corrected chi connectivity index (χ4v) is 2.31. The summed E-state index contributed by atoms with van der Waals surface area (Å²) in [6, 6.07) is 15.8. The molecule has 0 amide bonds. The number of hydrogen-bond acceptors (Lipinski definition) is 5. The average Bonchev–Trinajstić information content (AvgIpc) is 3.09. The molecule has 0 spiro atoms. The van der Waals surface area contributed by atoms with Gasteiger partial charge in [0.1, 0.15) is 5.75 Å². The molecule has 3 aromatic rings. The quantitative estimate of drug-likeness (QED) is 0.709. The van der Waals surface area contributed by atoms with E-state index in [1.165, 1.54) is 5.56 Å². The maximum Gasteiger partial charge on any atom is 0.264 e. The Hall–Kier alpha value is -2.37. The number of hydrogen-bond donors (Lipinski definition) is 1. The molecule has 25 heavy (non-hydrogen) atoms. The van der Waals surface area contributed by atoms with E-state index in [0.717, 1.165) is 16.9 Å². The van der Waals surface area contributed by atoms with Crippen molar-refractivity contribution in [1.29, 1.82) is 0 Å². The molecule has 132 valence electrons. The Morgan fingerprint density at radius 2 is 1.72 bits per heavy atom. The largest absolute Gasteiger partial charge is 0.484 e. The summed E-state index contributed by atoms with van der Waals surface area (Å²) in [6.45, 7) is 5.09. The molecule has 0 atom stereocenters. The first-order valence-corrected chi connectivity index (χ1v) is 8.00. The monoisotopic (exact) mass is 359 g/mol. The Morgan fingerprint density at radius 1 is 1.04 bits per heavy atom. The summed E-state index contributed by atoms with van der Waals surface area (Å²) in [6.07, 6.45) is 0. The Bertz CT molecular complexity index is 783. The van der Waals surface area contributed by atoms with Gasteiger partial charge in [-0.15, -0.1) is 12.4 Å². The molecule has 0 saturated carbocycles. The van der Waals surface area contributed by atoms with Crippen LogP contribution in [0.4, 0.5) is 0 Å². The fraction of sp³-hybridized carbons (Fsp3) is 0.263. The number of rotatable bonds is 6. The second kappa shape index (κ2) is 8.65. The Morgan fingerprint density at radius 3 is 2.32 bits per heavy atom. The van der Waals surface area contributed by atoms with Gasteiger partial charge in [0.05, 0.1) is 0 Å². The summed E-state index contributed by atoms with van der Waals surface area (Å²) in [7, 11) is 0. The van der Waals surface area contributed by atoms with Crippen molar-refractivity contribution in [3.8, 4) is 17.1 Å². The highest BCUT2D eigenvalue weighted by molar-refractivity contribution is 5.85. The molecule has 2 aromatic carbocycles. The molecular formula is C19H22ClN3O2. The van der Waals surface area contributed by atoms with Gasteiger partial charge in [-0.2, -0.15) is 4.98 Å². The minimum atomic E-state index is 0. The highest BCUT2D eigenvalue weighted by Crippen LogP contribution is 2.20. The summed E-state index contributed by atoms with van der Waals surface area (Å²) in [4.78, 5) is 4.36. The molecule has 1 aromatic heterocycles. The predicted octanol–water partition coefficient (Wildman–Crippen LogP) is 4.32. The van der Waals surface area contributed by atoms with Crippen LogP contribution in [0.2, 0.25) is 0 Å². The van der Waals surface area contributed by atoms with Crippen LogP contribution < -0.4 is 10.5 Å². The van der Waals surface area contributed by atoms with Gasteiger partial charge < -0.3 is 15.0 Å². The molecule has 0 aliphatic carbocycles. The maximum absolute atomic E-state index is 5.70. The fourth-order valence-electron chi connectivity index (χ4n) is 2.31. The van der Waals surface area contributed by atoms with Crippen molar-refractivity contribution in [2.75, 3.05) is 0 Å². The molecule has 0 aliphatic heterocycles. The Labute approximate surface area is 153 Å². The first kappa shape index (κ1) is 19.0. The summed E-state index contributed by atoms with van der Waals surface area (Å²) < 4.78 is 10.9. The SMILES string of the molecule is CC(C)c1ccc(OCc2nc(-c3ccc(CN)cc3)no2)cc1.Cl. The van der Waals surface area contributed by atoms with E-state index in [1.807, 2.05) is 36.4 Å². The second-order valence-corrected chi connectivity index (χ2v) is 5.93. The first-order valence-electron chi connectivity index (χ1n) is 8.00. The van der Waals surface area contributed by atoms with E-state index < -0.39 is 0 Å². The minimum absolute atomic E-state index is 0. The van der Waals surface area contributed by atoms with E-state index in [2.05, 4.69) is 36.1 Å². The standard InChI is InChI=1S/C19H21N3O2.ClH/c1-13(2)15-7-9-17(10-8-15)23-12-18-21-19(22-24-18)16-5-3-14(11-20)4-6-16;/h3-10,13H,11-12,20H2,1-2H3;1H. The molecule has 0 bridgehead atoms. The van der Waals surface area contributed by atoms with E-state index in [9.17, 15) is 0 Å². The highest BCUT2D eigenvalue weighted by Gasteiger charge is 2.09. The van der Waals surface area contributed by atoms with E-state index >= 15 is 0 Å². The van der Waals surface area contributed by atoms with Gasteiger partial charge >= 0.3 is 0 Å². The molecule has 0 fully saturated rings. The summed E-state index contributed by atoms with van der Waals surface area (Å²) in [5, 5.41) is 3.99. The first-order chi connectivity index (χ1) is 11.7. The summed E-state index contributed by atoms with van der Waals surface area (Å²) in [5.41, 5.74) is 8.84. The molecule has 1 heterocycles. The van der Waals surface area contributed by atoms with Crippen LogP contribution >= 0.6 is 12.4 Å². The lowest BCUT2D eigenvalue weighted by Crippen LogP contribution is -1.97. The molecule has 5 nitrogen and oxygen atoms in total. The third kappa shape index (κ3) is 4.81. The van der Waals surface area contributed by atoms with Crippen LogP contribution in [-0.4, -0.2) is 10.1 Å². The lowest BCUT2D eigenvalue weighted by atomic mass is 10.0. The molecule has 6 heteroatoms. The number of halogens is 1. The topological polar surface area (TPSA) is 74.2 Å². The molecule has 0 aliphatic rings. The van der Waals surface area contributed by atoms with Gasteiger partial charge in [-0.25, -0.2) is 0 Å². The van der Waals surface area contributed by atoms with Crippen LogP contribution in [0.15, 0.2) is 53.1 Å². The predicted molar refractivity (Wildman–Crippen MR) is 99.7 cm³/mol. The van der Waals surface area contributed by atoms with E-state index in [0.29, 0.717) is 24.2 Å². The Kier molecular flexibility index (Phi) is 6.56. The van der Waals surface area contributed by atoms with Gasteiger partial charge in [0.2, 0.25) is 5.82 Å². The molecule has 0 radical (unpaired) electrons. The molecule has 2 N–H and O–H groups in total. The van der Waals surface area contributed by atoms with Crippen molar-refractivity contribution >= 4 is 12.4 Å². The molecule has 0 unspecified atom stereocenters. The van der Waals surface area contributed by atoms with E-state index in [1.54, 1.807) is 0 Å². The van der Waals surface area contributed by atoms with Crippen LogP contribution in [0.1, 0.15) is 36.8 Å². The molecule has 0 saturated heterocycles. The third-order valence-electron chi connectivity index (χ3n) is 3.83.